The highest BCUT2D eigenvalue weighted by molar-refractivity contribution is 5.78. The van der Waals surface area contributed by atoms with Crippen molar-refractivity contribution in [1.29, 1.82) is 0 Å². The van der Waals surface area contributed by atoms with Crippen molar-refractivity contribution in [3.05, 3.63) is 53.9 Å². The minimum Gasteiger partial charge on any atom is -0.375 e. The van der Waals surface area contributed by atoms with E-state index in [9.17, 15) is 4.79 Å². The molecule has 138 valence electrons. The maximum absolute atomic E-state index is 12.0. The summed E-state index contributed by atoms with van der Waals surface area (Å²) < 4.78 is 7.95. The Morgan fingerprint density at radius 2 is 2.08 bits per heavy atom. The molecule has 0 radical (unpaired) electrons. The second-order valence-corrected chi connectivity index (χ2v) is 7.14. The van der Waals surface area contributed by atoms with Crippen molar-refractivity contribution in [2.24, 2.45) is 0 Å². The third-order valence-electron chi connectivity index (χ3n) is 5.22. The maximum atomic E-state index is 12.0. The van der Waals surface area contributed by atoms with E-state index in [1.165, 1.54) is 11.3 Å². The predicted octanol–water partition coefficient (Wildman–Crippen LogP) is 2.08. The van der Waals surface area contributed by atoms with Gasteiger partial charge in [-0.25, -0.2) is 0 Å². The maximum Gasteiger partial charge on any atom is 0.222 e. The summed E-state index contributed by atoms with van der Waals surface area (Å²) in [5, 5.41) is 4.50. The van der Waals surface area contributed by atoms with Crippen LogP contribution in [0.15, 0.2) is 42.6 Å². The number of fused-ring (bicyclic) bond motifs is 1. The summed E-state index contributed by atoms with van der Waals surface area (Å²) in [7, 11) is 0. The first-order chi connectivity index (χ1) is 12.8. The van der Waals surface area contributed by atoms with E-state index >= 15 is 0 Å². The molecule has 0 aliphatic carbocycles. The smallest absolute Gasteiger partial charge is 0.222 e. The van der Waals surface area contributed by atoms with Crippen LogP contribution in [0.1, 0.15) is 30.1 Å². The Morgan fingerprint density at radius 1 is 1.19 bits per heavy atom. The lowest BCUT2D eigenvalue weighted by Gasteiger charge is -2.35. The highest BCUT2D eigenvalue weighted by Crippen LogP contribution is 2.23. The molecular weight excluding hydrogens is 328 g/mol. The summed E-state index contributed by atoms with van der Waals surface area (Å²) in [5.74, 6) is 0.280. The second kappa shape index (κ2) is 8.01. The van der Waals surface area contributed by atoms with Gasteiger partial charge in [0.15, 0.2) is 0 Å². The summed E-state index contributed by atoms with van der Waals surface area (Å²) in [4.78, 5) is 16.4. The van der Waals surface area contributed by atoms with Crippen LogP contribution in [-0.2, 0) is 22.7 Å². The van der Waals surface area contributed by atoms with Crippen LogP contribution in [0.2, 0.25) is 0 Å². The molecule has 6 nitrogen and oxygen atoms in total. The number of hydrogen-bond acceptors (Lipinski definition) is 4. The van der Waals surface area contributed by atoms with Gasteiger partial charge in [0.05, 0.1) is 24.9 Å². The van der Waals surface area contributed by atoms with Crippen molar-refractivity contribution in [3.8, 4) is 0 Å². The molecule has 0 saturated carbocycles. The first-order valence-corrected chi connectivity index (χ1v) is 9.44. The molecule has 0 spiro atoms. The zero-order valence-corrected chi connectivity index (χ0v) is 15.1. The van der Waals surface area contributed by atoms with E-state index in [2.05, 4.69) is 32.9 Å². The van der Waals surface area contributed by atoms with E-state index in [1.54, 1.807) is 0 Å². The lowest BCUT2D eigenvalue weighted by molar-refractivity contribution is -0.128. The van der Waals surface area contributed by atoms with Crippen LogP contribution >= 0.6 is 0 Å². The van der Waals surface area contributed by atoms with E-state index in [-0.39, 0.29) is 11.9 Å². The van der Waals surface area contributed by atoms with Gasteiger partial charge in [-0.15, -0.1) is 0 Å². The SMILES string of the molecule is O=C1CCCN1CC1CN(CCOCc2ccccc2)Cc2ccnn21. The van der Waals surface area contributed by atoms with Crippen LogP contribution in [0.5, 0.6) is 0 Å². The molecule has 6 heteroatoms. The van der Waals surface area contributed by atoms with Crippen molar-refractivity contribution < 1.29 is 9.53 Å². The van der Waals surface area contributed by atoms with Gasteiger partial charge in [-0.1, -0.05) is 30.3 Å². The topological polar surface area (TPSA) is 50.6 Å². The number of benzene rings is 1. The monoisotopic (exact) mass is 354 g/mol. The van der Waals surface area contributed by atoms with Gasteiger partial charge < -0.3 is 9.64 Å². The van der Waals surface area contributed by atoms with Crippen LogP contribution in [0, 0.1) is 0 Å². The summed E-state index contributed by atoms with van der Waals surface area (Å²) in [6.45, 7) is 5.69. The number of hydrogen-bond donors (Lipinski definition) is 0. The van der Waals surface area contributed by atoms with Crippen LogP contribution < -0.4 is 0 Å². The van der Waals surface area contributed by atoms with Crippen LogP contribution in [0.25, 0.3) is 0 Å². The molecule has 1 unspecified atom stereocenters. The highest BCUT2D eigenvalue weighted by atomic mass is 16.5. The Kier molecular flexibility index (Phi) is 5.32. The van der Waals surface area contributed by atoms with Gasteiger partial charge in [0.25, 0.3) is 0 Å². The molecule has 26 heavy (non-hydrogen) atoms. The fraction of sp³-hybridized carbons (Fsp3) is 0.500. The van der Waals surface area contributed by atoms with Gasteiger partial charge in [-0.3, -0.25) is 14.4 Å². The third kappa shape index (κ3) is 3.97. The van der Waals surface area contributed by atoms with Crippen molar-refractivity contribution in [2.45, 2.75) is 32.0 Å². The number of amides is 1. The quantitative estimate of drug-likeness (QED) is 0.715. The van der Waals surface area contributed by atoms with Crippen molar-refractivity contribution in [3.63, 3.8) is 0 Å². The lowest BCUT2D eigenvalue weighted by atomic mass is 10.1. The molecular formula is C20H26N4O2. The minimum absolute atomic E-state index is 0.227. The van der Waals surface area contributed by atoms with Crippen LogP contribution in [0.3, 0.4) is 0 Å². The Labute approximate surface area is 154 Å². The number of rotatable bonds is 7. The van der Waals surface area contributed by atoms with Crippen molar-refractivity contribution in [2.75, 3.05) is 32.8 Å². The summed E-state index contributed by atoms with van der Waals surface area (Å²) >= 11 is 0. The molecule has 0 N–H and O–H groups in total. The highest BCUT2D eigenvalue weighted by Gasteiger charge is 2.30. The predicted molar refractivity (Wildman–Crippen MR) is 98.5 cm³/mol. The van der Waals surface area contributed by atoms with Crippen LogP contribution in [0.4, 0.5) is 0 Å². The number of aromatic nitrogens is 2. The van der Waals surface area contributed by atoms with E-state index in [0.29, 0.717) is 19.6 Å². The molecule has 2 aromatic rings. The third-order valence-corrected chi connectivity index (χ3v) is 5.22. The molecule has 3 heterocycles. The molecule has 1 fully saturated rings. The number of likely N-dealkylation sites (tertiary alicyclic amines) is 1. The number of carbonyl (C=O) groups is 1. The molecule has 1 atom stereocenters. The van der Waals surface area contributed by atoms with Crippen molar-refractivity contribution >= 4 is 5.91 Å². The number of ether oxygens (including phenoxy) is 1. The van der Waals surface area contributed by atoms with Gasteiger partial charge in [0.1, 0.15) is 0 Å². The zero-order chi connectivity index (χ0) is 17.8. The average Bonchev–Trinajstić information content (AvgIpc) is 3.29. The largest absolute Gasteiger partial charge is 0.375 e. The average molecular weight is 354 g/mol. The van der Waals surface area contributed by atoms with E-state index in [1.807, 2.05) is 29.3 Å². The Morgan fingerprint density at radius 3 is 2.88 bits per heavy atom. The van der Waals surface area contributed by atoms with Gasteiger partial charge in [0, 0.05) is 45.3 Å². The van der Waals surface area contributed by atoms with Gasteiger partial charge >= 0.3 is 0 Å². The lowest BCUT2D eigenvalue weighted by Crippen LogP contribution is -2.44. The fourth-order valence-corrected chi connectivity index (χ4v) is 3.88. The molecule has 2 aliphatic rings. The van der Waals surface area contributed by atoms with E-state index < -0.39 is 0 Å². The van der Waals surface area contributed by atoms with E-state index in [0.717, 1.165) is 39.1 Å². The summed E-state index contributed by atoms with van der Waals surface area (Å²) in [5.41, 5.74) is 2.42. The minimum atomic E-state index is 0.227. The van der Waals surface area contributed by atoms with E-state index in [4.69, 9.17) is 4.74 Å². The van der Waals surface area contributed by atoms with Crippen LogP contribution in [-0.4, -0.2) is 58.3 Å². The Hall–Kier alpha value is -2.18. The molecule has 1 saturated heterocycles. The number of carbonyl (C=O) groups excluding carboxylic acids is 1. The van der Waals surface area contributed by atoms with Gasteiger partial charge in [-0.05, 0) is 18.1 Å². The number of nitrogens with zero attached hydrogens (tertiary/aromatic N) is 4. The molecule has 1 aromatic heterocycles. The summed E-state index contributed by atoms with van der Waals surface area (Å²) in [6.07, 6.45) is 3.54. The van der Waals surface area contributed by atoms with Crippen molar-refractivity contribution in [1.82, 2.24) is 19.6 Å². The molecule has 4 rings (SSSR count). The second-order valence-electron chi connectivity index (χ2n) is 7.14. The van der Waals surface area contributed by atoms with Gasteiger partial charge in [0.2, 0.25) is 5.91 Å². The molecule has 1 amide bonds. The zero-order valence-electron chi connectivity index (χ0n) is 15.1. The Bertz CT molecular complexity index is 730. The fourth-order valence-electron chi connectivity index (χ4n) is 3.88. The molecule has 1 aromatic carbocycles. The molecule has 2 aliphatic heterocycles. The Balaban J connectivity index is 1.31. The molecule has 0 bridgehead atoms. The first kappa shape index (κ1) is 17.2. The van der Waals surface area contributed by atoms with Gasteiger partial charge in [-0.2, -0.15) is 5.10 Å². The normalized spacial score (nSPS) is 20.5. The first-order valence-electron chi connectivity index (χ1n) is 9.44. The summed E-state index contributed by atoms with van der Waals surface area (Å²) in [6, 6.07) is 12.6. The standard InChI is InChI=1S/C20H26N4O2/c25-20-7-4-10-23(20)15-19-14-22(13-18-8-9-21-24(18)19)11-12-26-16-17-5-2-1-3-6-17/h1-3,5-6,8-9,19H,4,7,10-16H2.